The van der Waals surface area contributed by atoms with Gasteiger partial charge in [-0.1, -0.05) is 11.8 Å². The largest absolute Gasteiger partial charge is 0.352 e. The second kappa shape index (κ2) is 5.56. The number of thioether (sulfide) groups is 1. The molecule has 86 valence electrons. The molecule has 2 amide bonds. The number of nitrogens with one attached hydrogen (secondary N) is 1. The van der Waals surface area contributed by atoms with E-state index in [1.807, 2.05) is 13.0 Å². The van der Waals surface area contributed by atoms with E-state index in [-0.39, 0.29) is 11.5 Å². The third kappa shape index (κ3) is 2.36. The summed E-state index contributed by atoms with van der Waals surface area (Å²) in [6, 6.07) is 1.87. The molecule has 1 saturated heterocycles. The minimum absolute atomic E-state index is 0.0274. The molecule has 0 aromatic rings. The summed E-state index contributed by atoms with van der Waals surface area (Å²) in [5.41, 5.74) is 0.0274. The van der Waals surface area contributed by atoms with E-state index in [0.29, 0.717) is 23.9 Å². The first kappa shape index (κ1) is 12.6. The minimum atomic E-state index is -0.416. The molecule has 0 aliphatic carbocycles. The van der Waals surface area contributed by atoms with Crippen molar-refractivity contribution in [1.82, 2.24) is 10.2 Å². The highest BCUT2D eigenvalue weighted by molar-refractivity contribution is 8.04. The molecule has 1 N–H and O–H groups in total. The van der Waals surface area contributed by atoms with Gasteiger partial charge in [-0.15, -0.1) is 0 Å². The van der Waals surface area contributed by atoms with Crippen LogP contribution in [0.3, 0.4) is 0 Å². The molecule has 1 aliphatic heterocycles. The summed E-state index contributed by atoms with van der Waals surface area (Å²) < 4.78 is 0. The van der Waals surface area contributed by atoms with E-state index in [1.54, 1.807) is 6.92 Å². The number of nitriles is 1. The molecule has 0 unspecified atom stereocenters. The fraction of sp³-hybridized carbons (Fsp3) is 0.500. The standard InChI is InChI=1S/C10H13N3O2S/c1-3-12-9(15)7(5-11)10-13(4-2)8(14)6-16-10/h3-4,6H2,1-2H3,(H,12,15)/b10-7-. The summed E-state index contributed by atoms with van der Waals surface area (Å²) in [4.78, 5) is 24.5. The molecule has 0 bridgehead atoms. The van der Waals surface area contributed by atoms with E-state index in [1.165, 1.54) is 16.7 Å². The molecule has 0 spiro atoms. The van der Waals surface area contributed by atoms with Crippen molar-refractivity contribution in [2.75, 3.05) is 18.8 Å². The maximum absolute atomic E-state index is 11.6. The van der Waals surface area contributed by atoms with Gasteiger partial charge in [0.15, 0.2) is 0 Å². The van der Waals surface area contributed by atoms with Crippen LogP contribution in [0.2, 0.25) is 0 Å². The summed E-state index contributed by atoms with van der Waals surface area (Å²) in [6.45, 7) is 4.53. The molecule has 0 atom stereocenters. The predicted molar refractivity (Wildman–Crippen MR) is 61.2 cm³/mol. The molecule has 1 rings (SSSR count). The van der Waals surface area contributed by atoms with E-state index < -0.39 is 5.91 Å². The van der Waals surface area contributed by atoms with Crippen molar-refractivity contribution >= 4 is 23.6 Å². The van der Waals surface area contributed by atoms with Crippen LogP contribution in [-0.2, 0) is 9.59 Å². The molecule has 0 aromatic heterocycles. The van der Waals surface area contributed by atoms with Crippen LogP contribution < -0.4 is 5.32 Å². The molecular formula is C10H13N3O2S. The van der Waals surface area contributed by atoms with Crippen molar-refractivity contribution < 1.29 is 9.59 Å². The summed E-state index contributed by atoms with van der Waals surface area (Å²) >= 11 is 1.24. The van der Waals surface area contributed by atoms with Crippen LogP contribution in [0.15, 0.2) is 10.6 Å². The lowest BCUT2D eigenvalue weighted by Crippen LogP contribution is -2.29. The van der Waals surface area contributed by atoms with Crippen LogP contribution in [0.1, 0.15) is 13.8 Å². The van der Waals surface area contributed by atoms with Crippen LogP contribution in [0, 0.1) is 11.3 Å². The van der Waals surface area contributed by atoms with E-state index in [2.05, 4.69) is 5.32 Å². The van der Waals surface area contributed by atoms with E-state index in [9.17, 15) is 9.59 Å². The molecule has 0 saturated carbocycles. The number of amides is 2. The van der Waals surface area contributed by atoms with Crippen molar-refractivity contribution in [1.29, 1.82) is 5.26 Å². The number of hydrogen-bond acceptors (Lipinski definition) is 4. The Hall–Kier alpha value is -1.48. The zero-order chi connectivity index (χ0) is 12.1. The fourth-order valence-corrected chi connectivity index (χ4v) is 2.46. The predicted octanol–water partition coefficient (Wildman–Crippen LogP) is 0.453. The smallest absolute Gasteiger partial charge is 0.264 e. The molecule has 1 heterocycles. The number of nitrogens with zero attached hydrogens (tertiary/aromatic N) is 2. The lowest BCUT2D eigenvalue weighted by Gasteiger charge is -2.15. The SMILES string of the molecule is CCNC(=O)/C(C#N)=C1\SCC(=O)N1CC. The summed E-state index contributed by atoms with van der Waals surface area (Å²) in [7, 11) is 0. The first-order valence-electron chi connectivity index (χ1n) is 5.01. The topological polar surface area (TPSA) is 73.2 Å². The number of rotatable bonds is 3. The number of likely N-dealkylation sites (N-methyl/N-ethyl adjacent to an activating group) is 1. The Kier molecular flexibility index (Phi) is 4.38. The van der Waals surface area contributed by atoms with Crippen LogP contribution in [-0.4, -0.2) is 35.6 Å². The first-order chi connectivity index (χ1) is 7.65. The van der Waals surface area contributed by atoms with Gasteiger partial charge in [0.25, 0.3) is 5.91 Å². The van der Waals surface area contributed by atoms with Gasteiger partial charge in [-0.3, -0.25) is 9.59 Å². The van der Waals surface area contributed by atoms with E-state index >= 15 is 0 Å². The highest BCUT2D eigenvalue weighted by Crippen LogP contribution is 2.31. The van der Waals surface area contributed by atoms with Gasteiger partial charge in [-0.25, -0.2) is 0 Å². The molecule has 0 aromatic carbocycles. The van der Waals surface area contributed by atoms with Gasteiger partial charge in [0, 0.05) is 13.1 Å². The highest BCUT2D eigenvalue weighted by atomic mass is 32.2. The minimum Gasteiger partial charge on any atom is -0.352 e. The lowest BCUT2D eigenvalue weighted by molar-refractivity contribution is -0.125. The van der Waals surface area contributed by atoms with Crippen LogP contribution in [0.25, 0.3) is 0 Å². The summed E-state index contributed by atoms with van der Waals surface area (Å²) in [5.74, 6) is -0.173. The third-order valence-electron chi connectivity index (χ3n) is 2.08. The van der Waals surface area contributed by atoms with Crippen molar-refractivity contribution in [3.05, 3.63) is 10.6 Å². The Morgan fingerprint density at radius 1 is 1.62 bits per heavy atom. The van der Waals surface area contributed by atoms with Crippen molar-refractivity contribution in [2.24, 2.45) is 0 Å². The van der Waals surface area contributed by atoms with Crippen LogP contribution >= 0.6 is 11.8 Å². The molecule has 5 nitrogen and oxygen atoms in total. The van der Waals surface area contributed by atoms with Gasteiger partial charge < -0.3 is 10.2 Å². The maximum atomic E-state index is 11.6. The van der Waals surface area contributed by atoms with Crippen molar-refractivity contribution in [2.45, 2.75) is 13.8 Å². The average Bonchev–Trinajstić information content (AvgIpc) is 2.61. The number of carbonyl (C=O) groups is 2. The molecule has 16 heavy (non-hydrogen) atoms. The van der Waals surface area contributed by atoms with Crippen LogP contribution in [0.4, 0.5) is 0 Å². The second-order valence-corrected chi connectivity index (χ2v) is 4.04. The van der Waals surface area contributed by atoms with Gasteiger partial charge in [0.05, 0.1) is 5.75 Å². The average molecular weight is 239 g/mol. The molecule has 1 aliphatic rings. The summed E-state index contributed by atoms with van der Waals surface area (Å²) in [5, 5.41) is 12.0. The Bertz CT molecular complexity index is 384. The lowest BCUT2D eigenvalue weighted by atomic mass is 10.3. The summed E-state index contributed by atoms with van der Waals surface area (Å²) in [6.07, 6.45) is 0. The Morgan fingerprint density at radius 2 is 2.31 bits per heavy atom. The van der Waals surface area contributed by atoms with Gasteiger partial charge in [0.2, 0.25) is 5.91 Å². The maximum Gasteiger partial charge on any atom is 0.264 e. The quantitative estimate of drug-likeness (QED) is 0.573. The van der Waals surface area contributed by atoms with Crippen molar-refractivity contribution in [3.8, 4) is 6.07 Å². The monoisotopic (exact) mass is 239 g/mol. The normalized spacial score (nSPS) is 18.3. The Morgan fingerprint density at radius 3 is 2.81 bits per heavy atom. The second-order valence-electron chi connectivity index (χ2n) is 3.08. The third-order valence-corrected chi connectivity index (χ3v) is 3.17. The highest BCUT2D eigenvalue weighted by Gasteiger charge is 2.30. The zero-order valence-corrected chi connectivity index (χ0v) is 10.1. The zero-order valence-electron chi connectivity index (χ0n) is 9.24. The van der Waals surface area contributed by atoms with Gasteiger partial charge in [0.1, 0.15) is 16.7 Å². The Labute approximate surface area is 98.5 Å². The number of hydrogen-bond donors (Lipinski definition) is 1. The van der Waals surface area contributed by atoms with Gasteiger partial charge in [-0.05, 0) is 13.8 Å². The van der Waals surface area contributed by atoms with E-state index in [0.717, 1.165) is 0 Å². The van der Waals surface area contributed by atoms with Gasteiger partial charge in [-0.2, -0.15) is 5.26 Å². The molecular weight excluding hydrogens is 226 g/mol. The number of carbonyl (C=O) groups excluding carboxylic acids is 2. The molecule has 1 fully saturated rings. The molecule has 0 radical (unpaired) electrons. The fourth-order valence-electron chi connectivity index (χ4n) is 1.37. The van der Waals surface area contributed by atoms with Crippen molar-refractivity contribution in [3.63, 3.8) is 0 Å². The van der Waals surface area contributed by atoms with Gasteiger partial charge >= 0.3 is 0 Å². The first-order valence-corrected chi connectivity index (χ1v) is 6.00. The van der Waals surface area contributed by atoms with E-state index in [4.69, 9.17) is 5.26 Å². The Balaban J connectivity index is 3.05. The van der Waals surface area contributed by atoms with Crippen LogP contribution in [0.5, 0.6) is 0 Å². The molecule has 6 heteroatoms.